The zero-order chi connectivity index (χ0) is 13.8. The van der Waals surface area contributed by atoms with Crippen LogP contribution in [0, 0.1) is 17.6 Å². The summed E-state index contributed by atoms with van der Waals surface area (Å²) in [7, 11) is 1.86. The first-order chi connectivity index (χ1) is 9.06. The molecule has 0 saturated carbocycles. The van der Waals surface area contributed by atoms with Gasteiger partial charge < -0.3 is 14.7 Å². The van der Waals surface area contributed by atoms with Crippen molar-refractivity contribution in [2.24, 2.45) is 5.92 Å². The van der Waals surface area contributed by atoms with E-state index >= 15 is 0 Å². The highest BCUT2D eigenvalue weighted by Gasteiger charge is 2.20. The van der Waals surface area contributed by atoms with Crippen LogP contribution in [0.3, 0.4) is 0 Å². The molecule has 106 valence electrons. The van der Waals surface area contributed by atoms with Gasteiger partial charge in [-0.3, -0.25) is 0 Å². The van der Waals surface area contributed by atoms with Crippen molar-refractivity contribution in [2.75, 3.05) is 33.4 Å². The minimum atomic E-state index is -1.02. The maximum atomic E-state index is 13.5. The molecule has 1 heterocycles. The molecule has 19 heavy (non-hydrogen) atoms. The number of likely N-dealkylation sites (N-methyl/N-ethyl adjacent to an activating group) is 1. The number of hydrogen-bond donors (Lipinski definition) is 1. The third-order valence-corrected chi connectivity index (χ3v) is 3.40. The van der Waals surface area contributed by atoms with Gasteiger partial charge in [0.1, 0.15) is 11.6 Å². The minimum absolute atomic E-state index is 0.00882. The first kappa shape index (κ1) is 14.4. The molecule has 2 atom stereocenters. The standard InChI is InChI=1S/C14H19F2NO2/c1-17(7-10-4-5-19-9-10)8-14(18)12-6-11(15)2-3-13(12)16/h2-3,6,10,14,18H,4-5,7-9H2,1H3. The molecule has 1 N–H and O–H groups in total. The summed E-state index contributed by atoms with van der Waals surface area (Å²) < 4.78 is 31.9. The zero-order valence-electron chi connectivity index (χ0n) is 11.0. The number of halogens is 2. The van der Waals surface area contributed by atoms with Gasteiger partial charge in [-0.25, -0.2) is 8.78 Å². The molecule has 2 rings (SSSR count). The Morgan fingerprint density at radius 1 is 1.47 bits per heavy atom. The van der Waals surface area contributed by atoms with E-state index in [1.807, 2.05) is 11.9 Å². The van der Waals surface area contributed by atoms with Crippen LogP contribution < -0.4 is 0 Å². The van der Waals surface area contributed by atoms with Gasteiger partial charge in [-0.05, 0) is 37.6 Å². The van der Waals surface area contributed by atoms with E-state index in [0.29, 0.717) is 5.92 Å². The Labute approximate surface area is 111 Å². The van der Waals surface area contributed by atoms with Crippen LogP contribution in [0.4, 0.5) is 8.78 Å². The van der Waals surface area contributed by atoms with E-state index in [2.05, 4.69) is 0 Å². The minimum Gasteiger partial charge on any atom is -0.387 e. The van der Waals surface area contributed by atoms with Crippen LogP contribution in [0.5, 0.6) is 0 Å². The van der Waals surface area contributed by atoms with Gasteiger partial charge in [-0.1, -0.05) is 0 Å². The van der Waals surface area contributed by atoms with Crippen LogP contribution in [-0.4, -0.2) is 43.4 Å². The van der Waals surface area contributed by atoms with E-state index in [1.165, 1.54) is 0 Å². The average Bonchev–Trinajstić information content (AvgIpc) is 2.84. The maximum Gasteiger partial charge on any atom is 0.129 e. The summed E-state index contributed by atoms with van der Waals surface area (Å²) in [6.45, 7) is 2.57. The Morgan fingerprint density at radius 2 is 2.26 bits per heavy atom. The summed E-state index contributed by atoms with van der Waals surface area (Å²) in [5.74, 6) is -0.664. The summed E-state index contributed by atoms with van der Waals surface area (Å²) in [5, 5.41) is 9.99. The molecular weight excluding hydrogens is 252 g/mol. The molecule has 0 bridgehead atoms. The van der Waals surface area contributed by atoms with Gasteiger partial charge in [0.2, 0.25) is 0 Å². The van der Waals surface area contributed by atoms with E-state index in [1.54, 1.807) is 0 Å². The Balaban J connectivity index is 1.91. The third kappa shape index (κ3) is 3.96. The van der Waals surface area contributed by atoms with E-state index < -0.39 is 17.7 Å². The summed E-state index contributed by atoms with van der Waals surface area (Å²) in [6.07, 6.45) is -0.0163. The van der Waals surface area contributed by atoms with Crippen molar-refractivity contribution >= 4 is 0 Å². The van der Waals surface area contributed by atoms with Crippen molar-refractivity contribution in [3.8, 4) is 0 Å². The van der Waals surface area contributed by atoms with E-state index in [4.69, 9.17) is 4.74 Å². The van der Waals surface area contributed by atoms with Crippen molar-refractivity contribution in [1.82, 2.24) is 4.90 Å². The lowest BCUT2D eigenvalue weighted by Gasteiger charge is -2.23. The third-order valence-electron chi connectivity index (χ3n) is 3.40. The van der Waals surface area contributed by atoms with E-state index in [-0.39, 0.29) is 12.1 Å². The van der Waals surface area contributed by atoms with Gasteiger partial charge in [0.15, 0.2) is 0 Å². The fourth-order valence-electron chi connectivity index (χ4n) is 2.41. The molecule has 5 heteroatoms. The first-order valence-corrected chi connectivity index (χ1v) is 6.45. The second-order valence-corrected chi connectivity index (χ2v) is 5.13. The number of ether oxygens (including phenoxy) is 1. The zero-order valence-corrected chi connectivity index (χ0v) is 11.0. The van der Waals surface area contributed by atoms with Gasteiger partial charge in [-0.2, -0.15) is 0 Å². The monoisotopic (exact) mass is 271 g/mol. The number of rotatable bonds is 5. The molecule has 0 aliphatic carbocycles. The van der Waals surface area contributed by atoms with Gasteiger partial charge in [0, 0.05) is 25.3 Å². The van der Waals surface area contributed by atoms with Crippen LogP contribution in [0.15, 0.2) is 18.2 Å². The molecule has 2 unspecified atom stereocenters. The predicted octanol–water partition coefficient (Wildman–Crippen LogP) is 1.97. The lowest BCUT2D eigenvalue weighted by atomic mass is 10.1. The maximum absolute atomic E-state index is 13.5. The molecule has 1 aliphatic heterocycles. The fraction of sp³-hybridized carbons (Fsp3) is 0.571. The molecule has 0 aromatic heterocycles. The molecule has 1 aromatic rings. The van der Waals surface area contributed by atoms with Gasteiger partial charge >= 0.3 is 0 Å². The van der Waals surface area contributed by atoms with Gasteiger partial charge in [0.25, 0.3) is 0 Å². The van der Waals surface area contributed by atoms with Gasteiger partial charge in [-0.15, -0.1) is 0 Å². The van der Waals surface area contributed by atoms with Crippen molar-refractivity contribution in [3.05, 3.63) is 35.4 Å². The van der Waals surface area contributed by atoms with Gasteiger partial charge in [0.05, 0.1) is 12.7 Å². The lowest BCUT2D eigenvalue weighted by Crippen LogP contribution is -2.30. The summed E-state index contributed by atoms with van der Waals surface area (Å²) in [5.41, 5.74) is 0.00882. The second kappa shape index (κ2) is 6.41. The normalized spacial score (nSPS) is 21.0. The molecule has 0 amide bonds. The number of aliphatic hydroxyl groups is 1. The highest BCUT2D eigenvalue weighted by atomic mass is 19.1. The van der Waals surface area contributed by atoms with E-state index in [9.17, 15) is 13.9 Å². The SMILES string of the molecule is CN(CC1CCOC1)CC(O)c1cc(F)ccc1F. The number of benzene rings is 1. The topological polar surface area (TPSA) is 32.7 Å². The largest absolute Gasteiger partial charge is 0.387 e. The average molecular weight is 271 g/mol. The first-order valence-electron chi connectivity index (χ1n) is 6.45. The summed E-state index contributed by atoms with van der Waals surface area (Å²) >= 11 is 0. The quantitative estimate of drug-likeness (QED) is 0.888. The predicted molar refractivity (Wildman–Crippen MR) is 67.7 cm³/mol. The van der Waals surface area contributed by atoms with Crippen LogP contribution in [-0.2, 0) is 4.74 Å². The molecular formula is C14H19F2NO2. The summed E-state index contributed by atoms with van der Waals surface area (Å²) in [4.78, 5) is 1.92. The molecule has 1 fully saturated rings. The Morgan fingerprint density at radius 3 is 2.95 bits per heavy atom. The second-order valence-electron chi connectivity index (χ2n) is 5.13. The summed E-state index contributed by atoms with van der Waals surface area (Å²) in [6, 6.07) is 3.14. The van der Waals surface area contributed by atoms with Crippen LogP contribution in [0.2, 0.25) is 0 Å². The molecule has 1 saturated heterocycles. The molecule has 0 radical (unpaired) electrons. The lowest BCUT2D eigenvalue weighted by molar-refractivity contribution is 0.110. The molecule has 1 aromatic carbocycles. The van der Waals surface area contributed by atoms with E-state index in [0.717, 1.165) is 44.4 Å². The highest BCUT2D eigenvalue weighted by Crippen LogP contribution is 2.20. The number of hydrogen-bond acceptors (Lipinski definition) is 3. The van der Waals surface area contributed by atoms with Crippen molar-refractivity contribution < 1.29 is 18.6 Å². The van der Waals surface area contributed by atoms with Crippen LogP contribution in [0.25, 0.3) is 0 Å². The molecule has 0 spiro atoms. The number of aliphatic hydroxyl groups excluding tert-OH is 1. The Kier molecular flexibility index (Phi) is 4.85. The number of nitrogens with zero attached hydrogens (tertiary/aromatic N) is 1. The smallest absolute Gasteiger partial charge is 0.129 e. The highest BCUT2D eigenvalue weighted by molar-refractivity contribution is 5.21. The Bertz CT molecular complexity index is 422. The molecule has 1 aliphatic rings. The fourth-order valence-corrected chi connectivity index (χ4v) is 2.41. The van der Waals surface area contributed by atoms with Crippen molar-refractivity contribution in [3.63, 3.8) is 0 Å². The Hall–Kier alpha value is -1.04. The molecule has 3 nitrogen and oxygen atoms in total. The van der Waals surface area contributed by atoms with Crippen molar-refractivity contribution in [2.45, 2.75) is 12.5 Å². The van der Waals surface area contributed by atoms with Crippen molar-refractivity contribution in [1.29, 1.82) is 0 Å². The van der Waals surface area contributed by atoms with Crippen LogP contribution in [0.1, 0.15) is 18.1 Å². The van der Waals surface area contributed by atoms with Crippen LogP contribution >= 0.6 is 0 Å².